The Morgan fingerprint density at radius 3 is 2.30 bits per heavy atom. The van der Waals surface area contributed by atoms with Crippen molar-refractivity contribution < 1.29 is 9.53 Å². The van der Waals surface area contributed by atoms with Crippen LogP contribution in [0.25, 0.3) is 11.0 Å². The van der Waals surface area contributed by atoms with Gasteiger partial charge in [-0.15, -0.1) is 0 Å². The summed E-state index contributed by atoms with van der Waals surface area (Å²) in [4.78, 5) is 17.2. The molecular formula is C21H33N3O2Si. The highest BCUT2D eigenvalue weighted by Gasteiger charge is 2.47. The zero-order valence-electron chi connectivity index (χ0n) is 17.5. The van der Waals surface area contributed by atoms with Crippen LogP contribution in [-0.2, 0) is 4.74 Å². The molecule has 148 valence electrons. The number of ether oxygens (including phenoxy) is 1. The van der Waals surface area contributed by atoms with Gasteiger partial charge in [0.25, 0.3) is 0 Å². The average molecular weight is 388 g/mol. The number of hydrogen-bond acceptors (Lipinski definition) is 4. The highest BCUT2D eigenvalue weighted by atomic mass is 28.3. The molecule has 1 fully saturated rings. The van der Waals surface area contributed by atoms with Crippen molar-refractivity contribution in [1.29, 1.82) is 0 Å². The maximum atomic E-state index is 12.5. The van der Waals surface area contributed by atoms with Gasteiger partial charge in [-0.25, -0.2) is 4.98 Å². The smallest absolute Gasteiger partial charge is 0.195 e. The molecule has 27 heavy (non-hydrogen) atoms. The minimum absolute atomic E-state index is 0.00383. The van der Waals surface area contributed by atoms with Gasteiger partial charge >= 0.3 is 0 Å². The molecule has 0 N–H and O–H groups in total. The van der Waals surface area contributed by atoms with Crippen LogP contribution in [0.15, 0.2) is 18.5 Å². The predicted molar refractivity (Wildman–Crippen MR) is 112 cm³/mol. The fourth-order valence-electron chi connectivity index (χ4n) is 4.91. The summed E-state index contributed by atoms with van der Waals surface area (Å²) < 4.78 is 7.91. The van der Waals surface area contributed by atoms with E-state index in [-0.39, 0.29) is 18.5 Å². The van der Waals surface area contributed by atoms with Crippen LogP contribution in [0.2, 0.25) is 16.6 Å². The van der Waals surface area contributed by atoms with Gasteiger partial charge in [-0.3, -0.25) is 9.14 Å². The monoisotopic (exact) mass is 387 g/mol. The first-order chi connectivity index (χ1) is 12.8. The van der Waals surface area contributed by atoms with Crippen molar-refractivity contribution in [3.8, 4) is 0 Å². The van der Waals surface area contributed by atoms with Crippen molar-refractivity contribution in [2.45, 2.75) is 83.5 Å². The van der Waals surface area contributed by atoms with E-state index in [4.69, 9.17) is 14.8 Å². The molecule has 0 radical (unpaired) electrons. The largest absolute Gasteiger partial charge is 0.370 e. The number of aromatic nitrogens is 3. The van der Waals surface area contributed by atoms with Crippen LogP contribution in [0, 0.1) is 0 Å². The standard InChI is InChI=1S/C21H33N3O2Si/c1-14(2)27(15(3)4,16(5)6)24-21-18(12-23-24)10-17(11-22-21)20(25)13-26-19-8-7-9-19/h10-12,14-16,19H,7-9,13H2,1-6H3. The zero-order chi connectivity index (χ0) is 19.8. The third-order valence-corrected chi connectivity index (χ3v) is 13.0. The van der Waals surface area contributed by atoms with E-state index in [0.29, 0.717) is 22.2 Å². The summed E-state index contributed by atoms with van der Waals surface area (Å²) in [6, 6.07) is 1.93. The van der Waals surface area contributed by atoms with Gasteiger partial charge in [-0.05, 0) is 42.0 Å². The first-order valence-corrected chi connectivity index (χ1v) is 12.4. The van der Waals surface area contributed by atoms with Crippen LogP contribution < -0.4 is 0 Å². The summed E-state index contributed by atoms with van der Waals surface area (Å²) in [6.07, 6.45) is 7.20. The molecule has 0 saturated heterocycles. The molecule has 2 aromatic rings. The molecule has 0 unspecified atom stereocenters. The lowest BCUT2D eigenvalue weighted by atomic mass is 9.96. The molecule has 6 heteroatoms. The Labute approximate surface area is 163 Å². The Hall–Kier alpha value is -1.53. The van der Waals surface area contributed by atoms with E-state index in [2.05, 4.69) is 45.9 Å². The second-order valence-electron chi connectivity index (χ2n) is 8.83. The highest BCUT2D eigenvalue weighted by molar-refractivity contribution is 6.82. The predicted octanol–water partition coefficient (Wildman–Crippen LogP) is 5.21. The molecule has 0 spiro atoms. The van der Waals surface area contributed by atoms with Gasteiger partial charge < -0.3 is 4.74 Å². The van der Waals surface area contributed by atoms with Crippen LogP contribution in [-0.4, -0.2) is 41.2 Å². The summed E-state index contributed by atoms with van der Waals surface area (Å²) in [5.74, 6) is 0.00383. The lowest BCUT2D eigenvalue weighted by Crippen LogP contribution is -2.52. The molecular weight excluding hydrogens is 354 g/mol. The Morgan fingerprint density at radius 1 is 1.15 bits per heavy atom. The quantitative estimate of drug-likeness (QED) is 0.461. The molecule has 1 aliphatic rings. The summed E-state index contributed by atoms with van der Waals surface area (Å²) >= 11 is 0. The lowest BCUT2D eigenvalue weighted by Gasteiger charge is -2.42. The zero-order valence-corrected chi connectivity index (χ0v) is 18.5. The molecule has 0 aromatic carbocycles. The van der Waals surface area contributed by atoms with Crippen molar-refractivity contribution in [2.75, 3.05) is 6.61 Å². The molecule has 0 atom stereocenters. The third-order valence-electron chi connectivity index (χ3n) is 6.37. The van der Waals surface area contributed by atoms with E-state index < -0.39 is 8.24 Å². The first-order valence-electron chi connectivity index (χ1n) is 10.3. The van der Waals surface area contributed by atoms with Crippen molar-refractivity contribution in [2.24, 2.45) is 0 Å². The van der Waals surface area contributed by atoms with Gasteiger partial charge in [0, 0.05) is 17.1 Å². The van der Waals surface area contributed by atoms with Gasteiger partial charge in [0.2, 0.25) is 0 Å². The third kappa shape index (κ3) is 3.49. The number of nitrogens with zero attached hydrogens (tertiary/aromatic N) is 3. The molecule has 2 aromatic heterocycles. The molecule has 0 amide bonds. The van der Waals surface area contributed by atoms with Crippen LogP contribution in [0.5, 0.6) is 0 Å². The van der Waals surface area contributed by atoms with E-state index in [9.17, 15) is 4.79 Å². The summed E-state index contributed by atoms with van der Waals surface area (Å²) in [6.45, 7) is 14.0. The summed E-state index contributed by atoms with van der Waals surface area (Å²) in [5, 5.41) is 5.75. The number of pyridine rings is 1. The van der Waals surface area contributed by atoms with E-state index in [1.165, 1.54) is 6.42 Å². The van der Waals surface area contributed by atoms with Gasteiger partial charge in [-0.1, -0.05) is 41.5 Å². The van der Waals surface area contributed by atoms with E-state index in [1.807, 2.05) is 12.3 Å². The Bertz CT molecular complexity index is 787. The van der Waals surface area contributed by atoms with Crippen LogP contribution in [0.1, 0.15) is 71.2 Å². The van der Waals surface area contributed by atoms with Gasteiger partial charge in [-0.2, -0.15) is 5.10 Å². The average Bonchev–Trinajstić information content (AvgIpc) is 2.96. The second kappa shape index (κ2) is 7.84. The number of Topliss-reactive ketones (excluding diaryl/α,β-unsaturated/α-hetero) is 1. The molecule has 1 aliphatic carbocycles. The SMILES string of the molecule is CC(C)[Si](C(C)C)(C(C)C)n1ncc2cc(C(=O)COC3CCC3)cnc21. The first kappa shape index (κ1) is 20.2. The van der Waals surface area contributed by atoms with Gasteiger partial charge in [0.05, 0.1) is 12.3 Å². The Kier molecular flexibility index (Phi) is 5.86. The number of carbonyl (C=O) groups is 1. The van der Waals surface area contributed by atoms with Crippen LogP contribution in [0.4, 0.5) is 0 Å². The maximum absolute atomic E-state index is 12.5. The van der Waals surface area contributed by atoms with E-state index >= 15 is 0 Å². The second-order valence-corrected chi connectivity index (χ2v) is 14.5. The van der Waals surface area contributed by atoms with Crippen LogP contribution >= 0.6 is 0 Å². The minimum atomic E-state index is -1.95. The highest BCUT2D eigenvalue weighted by Crippen LogP contribution is 2.43. The van der Waals surface area contributed by atoms with Crippen molar-refractivity contribution in [3.05, 3.63) is 24.0 Å². The maximum Gasteiger partial charge on any atom is 0.195 e. The Balaban J connectivity index is 1.93. The van der Waals surface area contributed by atoms with Crippen molar-refractivity contribution in [1.82, 2.24) is 14.4 Å². The fraction of sp³-hybridized carbons (Fsp3) is 0.667. The number of hydrogen-bond donors (Lipinski definition) is 0. The van der Waals surface area contributed by atoms with E-state index in [1.54, 1.807) is 6.20 Å². The number of rotatable bonds is 8. The van der Waals surface area contributed by atoms with Crippen LogP contribution in [0.3, 0.4) is 0 Å². The fourth-order valence-corrected chi connectivity index (χ4v) is 11.2. The number of carbonyl (C=O) groups excluding carboxylic acids is 1. The molecule has 5 nitrogen and oxygen atoms in total. The molecule has 0 bridgehead atoms. The summed E-state index contributed by atoms with van der Waals surface area (Å²) in [7, 11) is -1.95. The minimum Gasteiger partial charge on any atom is -0.370 e. The van der Waals surface area contributed by atoms with Gasteiger partial charge in [0.15, 0.2) is 14.0 Å². The van der Waals surface area contributed by atoms with Crippen molar-refractivity contribution in [3.63, 3.8) is 0 Å². The number of fused-ring (bicyclic) bond motifs is 1. The van der Waals surface area contributed by atoms with Gasteiger partial charge in [0.1, 0.15) is 12.3 Å². The number of ketones is 1. The summed E-state index contributed by atoms with van der Waals surface area (Å²) in [5.41, 5.74) is 3.15. The molecule has 0 aliphatic heterocycles. The topological polar surface area (TPSA) is 57.0 Å². The molecule has 1 saturated carbocycles. The molecule has 2 heterocycles. The Morgan fingerprint density at radius 2 is 1.78 bits per heavy atom. The molecule has 3 rings (SSSR count). The normalized spacial score (nSPS) is 15.9. The van der Waals surface area contributed by atoms with E-state index in [0.717, 1.165) is 23.9 Å². The van der Waals surface area contributed by atoms with Crippen molar-refractivity contribution >= 4 is 25.1 Å². The lowest BCUT2D eigenvalue weighted by molar-refractivity contribution is 0.00730.